The first kappa shape index (κ1) is 27.5. The van der Waals surface area contributed by atoms with Crippen LogP contribution in [0.25, 0.3) is 0 Å². The van der Waals surface area contributed by atoms with Crippen molar-refractivity contribution in [1.29, 1.82) is 0 Å². The number of aliphatic hydroxyl groups is 1. The summed E-state index contributed by atoms with van der Waals surface area (Å²) < 4.78 is 6.32. The molecular formula is C30H39ClN2O4. The van der Waals surface area contributed by atoms with E-state index in [0.29, 0.717) is 64.9 Å². The van der Waals surface area contributed by atoms with Crippen molar-refractivity contribution in [1.82, 2.24) is 9.80 Å². The third-order valence-electron chi connectivity index (χ3n) is 7.78. The molecule has 2 aromatic carbocycles. The van der Waals surface area contributed by atoms with E-state index in [0.717, 1.165) is 40.3 Å². The number of hydrogen-bond donors (Lipinski definition) is 1. The Kier molecular flexibility index (Phi) is 9.14. The number of aliphatic hydroxyl groups excluding tert-OH is 1. The smallest absolute Gasteiger partial charge is 0.223 e. The van der Waals surface area contributed by atoms with Crippen molar-refractivity contribution in [2.24, 2.45) is 5.41 Å². The van der Waals surface area contributed by atoms with Gasteiger partial charge in [-0.3, -0.25) is 9.59 Å². The molecule has 0 aliphatic carbocycles. The van der Waals surface area contributed by atoms with E-state index in [9.17, 15) is 14.7 Å². The van der Waals surface area contributed by atoms with E-state index in [4.69, 9.17) is 16.3 Å². The Morgan fingerprint density at radius 1 is 1.03 bits per heavy atom. The molecule has 2 fully saturated rings. The lowest BCUT2D eigenvalue weighted by atomic mass is 9.77. The fraction of sp³-hybridized carbons (Fsp3) is 0.533. The molecule has 2 aromatic rings. The number of halogens is 1. The highest BCUT2D eigenvalue weighted by atomic mass is 35.5. The van der Waals surface area contributed by atoms with E-state index in [1.165, 1.54) is 0 Å². The van der Waals surface area contributed by atoms with Crippen LogP contribution in [0.4, 0.5) is 0 Å². The van der Waals surface area contributed by atoms with Crippen LogP contribution in [-0.2, 0) is 16.0 Å². The zero-order valence-corrected chi connectivity index (χ0v) is 22.8. The first-order chi connectivity index (χ1) is 17.7. The summed E-state index contributed by atoms with van der Waals surface area (Å²) in [6, 6.07) is 13.9. The van der Waals surface area contributed by atoms with Crippen molar-refractivity contribution in [3.8, 4) is 5.75 Å². The summed E-state index contributed by atoms with van der Waals surface area (Å²) in [4.78, 5) is 30.4. The molecule has 1 atom stereocenters. The monoisotopic (exact) mass is 526 g/mol. The molecule has 2 aliphatic rings. The zero-order chi connectivity index (χ0) is 26.4. The third kappa shape index (κ3) is 7.26. The van der Waals surface area contributed by atoms with Gasteiger partial charge >= 0.3 is 0 Å². The number of carbonyl (C=O) groups excluding carboxylic acids is 2. The summed E-state index contributed by atoms with van der Waals surface area (Å²) in [5.41, 5.74) is 2.60. The first-order valence-corrected chi connectivity index (χ1v) is 13.8. The molecule has 0 unspecified atom stereocenters. The Balaban J connectivity index is 1.48. The van der Waals surface area contributed by atoms with Crippen molar-refractivity contribution in [3.05, 3.63) is 64.2 Å². The van der Waals surface area contributed by atoms with Crippen molar-refractivity contribution in [2.45, 2.75) is 64.9 Å². The van der Waals surface area contributed by atoms with E-state index >= 15 is 0 Å². The van der Waals surface area contributed by atoms with Crippen molar-refractivity contribution >= 4 is 23.4 Å². The lowest BCUT2D eigenvalue weighted by Crippen LogP contribution is -2.51. The summed E-state index contributed by atoms with van der Waals surface area (Å²) in [5, 5.41) is 10.6. The van der Waals surface area contributed by atoms with Gasteiger partial charge < -0.3 is 19.6 Å². The molecule has 6 nitrogen and oxygen atoms in total. The number of benzene rings is 2. The van der Waals surface area contributed by atoms with Gasteiger partial charge in [-0.1, -0.05) is 41.9 Å². The van der Waals surface area contributed by atoms with Crippen LogP contribution in [0.2, 0.25) is 5.02 Å². The zero-order valence-electron chi connectivity index (χ0n) is 22.0. The van der Waals surface area contributed by atoms with Crippen LogP contribution in [-0.4, -0.2) is 65.6 Å². The van der Waals surface area contributed by atoms with E-state index in [1.54, 1.807) is 0 Å². The molecule has 0 bridgehead atoms. The Bertz CT molecular complexity index is 1060. The molecule has 2 saturated heterocycles. The number of ether oxygens (including phenoxy) is 1. The fourth-order valence-electron chi connectivity index (χ4n) is 5.56. The lowest BCUT2D eigenvalue weighted by molar-refractivity contribution is -0.142. The van der Waals surface area contributed by atoms with Gasteiger partial charge in [-0.2, -0.15) is 0 Å². The molecule has 200 valence electrons. The Labute approximate surface area is 225 Å². The number of likely N-dealkylation sites (tertiary alicyclic amines) is 2. The van der Waals surface area contributed by atoms with Crippen molar-refractivity contribution in [2.75, 3.05) is 32.8 Å². The SMILES string of the molecule is Cc1cc(OC[C@@]2(CC(=O)N3CCC(O)CC3)CCCN(C(=O)CCc3ccccc3)C2)cc(C)c1Cl. The van der Waals surface area contributed by atoms with Gasteiger partial charge in [-0.15, -0.1) is 0 Å². The van der Waals surface area contributed by atoms with Crippen LogP contribution in [0.5, 0.6) is 5.75 Å². The second-order valence-electron chi connectivity index (χ2n) is 10.9. The number of nitrogens with zero attached hydrogens (tertiary/aromatic N) is 2. The molecule has 4 rings (SSSR count). The van der Waals surface area contributed by atoms with Crippen LogP contribution >= 0.6 is 11.6 Å². The van der Waals surface area contributed by atoms with Gasteiger partial charge in [0.15, 0.2) is 0 Å². The molecule has 1 N–H and O–H groups in total. The maximum absolute atomic E-state index is 13.4. The normalized spacial score (nSPS) is 20.6. The van der Waals surface area contributed by atoms with E-state index in [-0.39, 0.29) is 17.9 Å². The topological polar surface area (TPSA) is 70.1 Å². The maximum Gasteiger partial charge on any atom is 0.223 e. The summed E-state index contributed by atoms with van der Waals surface area (Å²) in [6.45, 7) is 6.64. The van der Waals surface area contributed by atoms with Gasteiger partial charge in [0.25, 0.3) is 0 Å². The van der Waals surface area contributed by atoms with Gasteiger partial charge in [0, 0.05) is 49.5 Å². The number of rotatable bonds is 8. The summed E-state index contributed by atoms with van der Waals surface area (Å²) in [6.07, 6.45) is 4.05. The predicted molar refractivity (Wildman–Crippen MR) is 146 cm³/mol. The third-order valence-corrected chi connectivity index (χ3v) is 8.38. The van der Waals surface area contributed by atoms with E-state index in [1.807, 2.05) is 66.1 Å². The Hall–Kier alpha value is -2.57. The molecule has 2 heterocycles. The van der Waals surface area contributed by atoms with E-state index in [2.05, 4.69) is 0 Å². The molecule has 2 amide bonds. The van der Waals surface area contributed by atoms with Gasteiger partial charge in [-0.25, -0.2) is 0 Å². The van der Waals surface area contributed by atoms with Gasteiger partial charge in [0.1, 0.15) is 5.75 Å². The summed E-state index contributed by atoms with van der Waals surface area (Å²) >= 11 is 6.35. The number of hydrogen-bond acceptors (Lipinski definition) is 4. The van der Waals surface area contributed by atoms with Gasteiger partial charge in [0.2, 0.25) is 11.8 Å². The van der Waals surface area contributed by atoms with Crippen LogP contribution < -0.4 is 4.74 Å². The highest BCUT2D eigenvalue weighted by Gasteiger charge is 2.41. The molecule has 0 spiro atoms. The highest BCUT2D eigenvalue weighted by Crippen LogP contribution is 2.37. The molecule has 0 radical (unpaired) electrons. The quantitative estimate of drug-likeness (QED) is 0.528. The molecule has 2 aliphatic heterocycles. The standard InChI is InChI=1S/C30H39ClN2O4/c1-22-17-26(18-23(2)29(22)31)37-21-30(19-28(36)32-15-11-25(34)12-16-32)13-6-14-33(20-30)27(35)10-9-24-7-4-3-5-8-24/h3-5,7-8,17-18,25,34H,6,9-16,19-21H2,1-2H3/t30-/m1/s1. The number of amides is 2. The summed E-state index contributed by atoms with van der Waals surface area (Å²) in [5.74, 6) is 0.942. The molecule has 0 aromatic heterocycles. The molecule has 0 saturated carbocycles. The number of aryl methyl sites for hydroxylation is 3. The maximum atomic E-state index is 13.4. The number of piperidine rings is 2. The van der Waals surface area contributed by atoms with Crippen LogP contribution in [0.3, 0.4) is 0 Å². The average molecular weight is 527 g/mol. The second-order valence-corrected chi connectivity index (χ2v) is 11.2. The van der Waals surface area contributed by atoms with E-state index < -0.39 is 5.41 Å². The minimum atomic E-state index is -0.463. The first-order valence-electron chi connectivity index (χ1n) is 13.4. The average Bonchev–Trinajstić information content (AvgIpc) is 2.90. The summed E-state index contributed by atoms with van der Waals surface area (Å²) in [7, 11) is 0. The molecule has 7 heteroatoms. The largest absolute Gasteiger partial charge is 0.493 e. The van der Waals surface area contributed by atoms with Crippen molar-refractivity contribution < 1.29 is 19.4 Å². The fourth-order valence-corrected chi connectivity index (χ4v) is 5.67. The van der Waals surface area contributed by atoms with Crippen LogP contribution in [0, 0.1) is 19.3 Å². The van der Waals surface area contributed by atoms with Crippen LogP contribution in [0.15, 0.2) is 42.5 Å². The van der Waals surface area contributed by atoms with Gasteiger partial charge in [-0.05, 0) is 74.8 Å². The minimum absolute atomic E-state index is 0.0811. The Morgan fingerprint density at radius 2 is 1.70 bits per heavy atom. The lowest BCUT2D eigenvalue weighted by Gasteiger charge is -2.43. The molecular weight excluding hydrogens is 488 g/mol. The van der Waals surface area contributed by atoms with Crippen molar-refractivity contribution in [3.63, 3.8) is 0 Å². The Morgan fingerprint density at radius 3 is 2.38 bits per heavy atom. The second kappa shape index (κ2) is 12.3. The van der Waals surface area contributed by atoms with Crippen LogP contribution in [0.1, 0.15) is 55.2 Å². The minimum Gasteiger partial charge on any atom is -0.493 e. The molecule has 37 heavy (non-hydrogen) atoms. The predicted octanol–water partition coefficient (Wildman–Crippen LogP) is 4.95. The highest BCUT2D eigenvalue weighted by molar-refractivity contribution is 6.32. The number of carbonyl (C=O) groups is 2. The van der Waals surface area contributed by atoms with Gasteiger partial charge in [0.05, 0.1) is 12.7 Å².